The van der Waals surface area contributed by atoms with Crippen molar-refractivity contribution in [3.8, 4) is 5.75 Å². The molecule has 0 unspecified atom stereocenters. The van der Waals surface area contributed by atoms with E-state index in [1.807, 2.05) is 0 Å². The molecule has 0 saturated heterocycles. The predicted octanol–water partition coefficient (Wildman–Crippen LogP) is 2.30. The van der Waals surface area contributed by atoms with Crippen LogP contribution in [0.4, 0.5) is 17.1 Å². The molecular formula is C7H4F4O3S. The third-order valence-corrected chi connectivity index (χ3v) is 1.76. The van der Waals surface area contributed by atoms with Crippen LogP contribution in [0.3, 0.4) is 0 Å². The Morgan fingerprint density at radius 1 is 1.13 bits per heavy atom. The van der Waals surface area contributed by atoms with E-state index >= 15 is 0 Å². The number of benzene rings is 1. The Hall–Kier alpha value is -1.31. The summed E-state index contributed by atoms with van der Waals surface area (Å²) in [5.74, 6) is -1.09. The predicted molar refractivity (Wildman–Crippen MR) is 42.1 cm³/mol. The SMILES string of the molecule is O=S(=O)(F)Oc1ccccc1C(F)(F)F. The second kappa shape index (κ2) is 3.69. The summed E-state index contributed by atoms with van der Waals surface area (Å²) in [6, 6.07) is 3.41. The maximum Gasteiger partial charge on any atom is 0.488 e. The van der Waals surface area contributed by atoms with E-state index in [0.29, 0.717) is 12.1 Å². The van der Waals surface area contributed by atoms with E-state index in [1.165, 1.54) is 0 Å². The van der Waals surface area contributed by atoms with Gasteiger partial charge >= 0.3 is 16.7 Å². The van der Waals surface area contributed by atoms with Crippen LogP contribution in [0.1, 0.15) is 5.56 Å². The van der Waals surface area contributed by atoms with E-state index in [0.717, 1.165) is 12.1 Å². The highest BCUT2D eigenvalue weighted by Crippen LogP contribution is 2.36. The van der Waals surface area contributed by atoms with Crippen LogP contribution in [0.15, 0.2) is 24.3 Å². The molecule has 0 fully saturated rings. The molecule has 0 amide bonds. The van der Waals surface area contributed by atoms with Gasteiger partial charge in [-0.15, -0.1) is 0 Å². The van der Waals surface area contributed by atoms with Crippen LogP contribution in [-0.2, 0) is 16.7 Å². The van der Waals surface area contributed by atoms with Gasteiger partial charge in [-0.3, -0.25) is 0 Å². The van der Waals surface area contributed by atoms with Gasteiger partial charge in [0.2, 0.25) is 0 Å². The largest absolute Gasteiger partial charge is 0.488 e. The lowest BCUT2D eigenvalue weighted by molar-refractivity contribution is -0.138. The molecular weight excluding hydrogens is 240 g/mol. The first-order chi connectivity index (χ1) is 6.70. The quantitative estimate of drug-likeness (QED) is 0.592. The Balaban J connectivity index is 3.19. The molecule has 0 aliphatic rings. The summed E-state index contributed by atoms with van der Waals surface area (Å²) in [5, 5.41) is 0. The molecule has 3 nitrogen and oxygen atoms in total. The minimum absolute atomic E-state index is 0.584. The van der Waals surface area contributed by atoms with Crippen LogP contribution in [0.5, 0.6) is 5.75 Å². The second-order valence-corrected chi connectivity index (χ2v) is 3.42. The van der Waals surface area contributed by atoms with Crippen molar-refractivity contribution in [1.29, 1.82) is 0 Å². The van der Waals surface area contributed by atoms with E-state index in [9.17, 15) is 25.5 Å². The second-order valence-electron chi connectivity index (χ2n) is 2.47. The molecule has 0 heterocycles. The first-order valence-corrected chi connectivity index (χ1v) is 4.81. The van der Waals surface area contributed by atoms with Gasteiger partial charge in [0.1, 0.15) is 0 Å². The van der Waals surface area contributed by atoms with Crippen molar-refractivity contribution in [2.24, 2.45) is 0 Å². The molecule has 8 heteroatoms. The minimum Gasteiger partial charge on any atom is -0.358 e. The average molecular weight is 244 g/mol. The summed E-state index contributed by atoms with van der Waals surface area (Å²) in [4.78, 5) is 0. The highest BCUT2D eigenvalue weighted by molar-refractivity contribution is 7.81. The van der Waals surface area contributed by atoms with Gasteiger partial charge < -0.3 is 4.18 Å². The van der Waals surface area contributed by atoms with Gasteiger partial charge in [-0.2, -0.15) is 21.6 Å². The Kier molecular flexibility index (Phi) is 2.89. The lowest BCUT2D eigenvalue weighted by atomic mass is 10.2. The molecule has 0 atom stereocenters. The lowest BCUT2D eigenvalue weighted by Crippen LogP contribution is -2.10. The highest BCUT2D eigenvalue weighted by atomic mass is 32.3. The summed E-state index contributed by atoms with van der Waals surface area (Å²) in [7, 11) is -5.46. The van der Waals surface area contributed by atoms with Crippen molar-refractivity contribution >= 4 is 10.5 Å². The van der Waals surface area contributed by atoms with Crippen LogP contribution >= 0.6 is 0 Å². The number of halogens is 4. The first-order valence-electron chi connectivity index (χ1n) is 3.50. The lowest BCUT2D eigenvalue weighted by Gasteiger charge is -2.10. The van der Waals surface area contributed by atoms with Crippen LogP contribution in [0, 0.1) is 0 Å². The zero-order valence-electron chi connectivity index (χ0n) is 6.95. The maximum atomic E-state index is 12.2. The molecule has 1 aromatic rings. The topological polar surface area (TPSA) is 43.4 Å². The Morgan fingerprint density at radius 3 is 2.13 bits per heavy atom. The van der Waals surface area contributed by atoms with Gasteiger partial charge in [0.25, 0.3) is 0 Å². The van der Waals surface area contributed by atoms with Crippen LogP contribution in [0.25, 0.3) is 0 Å². The van der Waals surface area contributed by atoms with Gasteiger partial charge in [0.05, 0.1) is 5.56 Å². The summed E-state index contributed by atoms with van der Waals surface area (Å²) in [6.45, 7) is 0. The number of alkyl halides is 3. The van der Waals surface area contributed by atoms with Crippen LogP contribution < -0.4 is 4.18 Å². The van der Waals surface area contributed by atoms with Crippen LogP contribution in [-0.4, -0.2) is 8.42 Å². The third kappa shape index (κ3) is 3.39. The van der Waals surface area contributed by atoms with Gasteiger partial charge in [-0.25, -0.2) is 0 Å². The molecule has 0 spiro atoms. The smallest absolute Gasteiger partial charge is 0.358 e. The van der Waals surface area contributed by atoms with Crippen molar-refractivity contribution in [2.75, 3.05) is 0 Å². The fourth-order valence-corrected chi connectivity index (χ4v) is 1.24. The van der Waals surface area contributed by atoms with Crippen molar-refractivity contribution < 1.29 is 29.7 Å². The molecule has 0 saturated carbocycles. The Bertz CT molecular complexity index is 452. The number of hydrogen-bond acceptors (Lipinski definition) is 3. The molecule has 0 N–H and O–H groups in total. The summed E-state index contributed by atoms with van der Waals surface area (Å²) < 4.78 is 72.3. The van der Waals surface area contributed by atoms with Gasteiger partial charge in [0.15, 0.2) is 5.75 Å². The molecule has 0 aliphatic carbocycles. The minimum atomic E-state index is -5.46. The van der Waals surface area contributed by atoms with Crippen molar-refractivity contribution in [2.45, 2.75) is 6.18 Å². The van der Waals surface area contributed by atoms with Gasteiger partial charge in [-0.05, 0) is 12.1 Å². The summed E-state index contributed by atoms with van der Waals surface area (Å²) in [5.41, 5.74) is -1.36. The normalized spacial score (nSPS) is 12.5. The number of rotatable bonds is 2. The fraction of sp³-hybridized carbons (Fsp3) is 0.143. The third-order valence-electron chi connectivity index (χ3n) is 1.38. The van der Waals surface area contributed by atoms with E-state index in [-0.39, 0.29) is 0 Å². The molecule has 0 bridgehead atoms. The molecule has 0 aromatic heterocycles. The standard InChI is InChI=1S/C7H4F4O3S/c8-7(9,10)5-3-1-2-4-6(5)14-15(11,12)13/h1-4H. The maximum absolute atomic E-state index is 12.2. The first kappa shape index (κ1) is 11.8. The Morgan fingerprint density at radius 2 is 1.67 bits per heavy atom. The van der Waals surface area contributed by atoms with E-state index in [2.05, 4.69) is 4.18 Å². The molecule has 0 radical (unpaired) electrons. The van der Waals surface area contributed by atoms with Crippen molar-refractivity contribution in [3.63, 3.8) is 0 Å². The number of hydrogen-bond donors (Lipinski definition) is 0. The average Bonchev–Trinajstić information content (AvgIpc) is 1.99. The summed E-state index contributed by atoms with van der Waals surface area (Å²) >= 11 is 0. The van der Waals surface area contributed by atoms with E-state index < -0.39 is 28.0 Å². The number of para-hydroxylation sites is 1. The van der Waals surface area contributed by atoms with E-state index in [1.54, 1.807) is 0 Å². The molecule has 1 aromatic carbocycles. The van der Waals surface area contributed by atoms with Gasteiger partial charge in [0, 0.05) is 0 Å². The monoisotopic (exact) mass is 244 g/mol. The molecule has 0 aliphatic heterocycles. The molecule has 84 valence electrons. The van der Waals surface area contributed by atoms with Crippen molar-refractivity contribution in [1.82, 2.24) is 0 Å². The molecule has 1 rings (SSSR count). The highest BCUT2D eigenvalue weighted by Gasteiger charge is 2.35. The van der Waals surface area contributed by atoms with Gasteiger partial charge in [-0.1, -0.05) is 16.0 Å². The van der Waals surface area contributed by atoms with Crippen molar-refractivity contribution in [3.05, 3.63) is 29.8 Å². The summed E-state index contributed by atoms with van der Waals surface area (Å²) in [6.07, 6.45) is -4.80. The van der Waals surface area contributed by atoms with E-state index in [4.69, 9.17) is 0 Å². The molecule has 15 heavy (non-hydrogen) atoms. The van der Waals surface area contributed by atoms with Crippen LogP contribution in [0.2, 0.25) is 0 Å². The fourth-order valence-electron chi connectivity index (χ4n) is 0.881. The zero-order chi connectivity index (χ0) is 11.7. The Labute approximate surface area is 82.7 Å². The zero-order valence-corrected chi connectivity index (χ0v) is 7.77.